The molecule has 2 aromatic rings. The lowest BCUT2D eigenvalue weighted by Gasteiger charge is -2.44. The fourth-order valence-corrected chi connectivity index (χ4v) is 3.65. The summed E-state index contributed by atoms with van der Waals surface area (Å²) in [5, 5.41) is 3.04. The van der Waals surface area contributed by atoms with E-state index in [-0.39, 0.29) is 11.8 Å². The summed E-state index contributed by atoms with van der Waals surface area (Å²) in [6.45, 7) is 9.71. The minimum atomic E-state index is -0.933. The fourth-order valence-electron chi connectivity index (χ4n) is 3.65. The van der Waals surface area contributed by atoms with Crippen molar-refractivity contribution in [2.75, 3.05) is 13.1 Å². The van der Waals surface area contributed by atoms with Gasteiger partial charge in [0, 0.05) is 13.1 Å². The molecule has 1 unspecified atom stereocenters. The minimum absolute atomic E-state index is 0.102. The van der Waals surface area contributed by atoms with Crippen LogP contribution in [-0.4, -0.2) is 39.9 Å². The minimum Gasteiger partial charge on any atom is -0.463 e. The Balaban J connectivity index is 1.95. The Labute approximate surface area is 160 Å². The highest BCUT2D eigenvalue weighted by Gasteiger charge is 2.47. The molecule has 6 heteroatoms. The van der Waals surface area contributed by atoms with Gasteiger partial charge in [0.1, 0.15) is 17.0 Å². The molecule has 146 valence electrons. The molecule has 0 bridgehead atoms. The quantitative estimate of drug-likeness (QED) is 0.809. The number of carbonyl (C=O) groups excluding carboxylic acids is 2. The van der Waals surface area contributed by atoms with Crippen molar-refractivity contribution in [2.45, 2.75) is 52.6 Å². The van der Waals surface area contributed by atoms with Crippen molar-refractivity contribution < 1.29 is 14.0 Å². The number of rotatable bonds is 7. The molecule has 1 aliphatic rings. The Morgan fingerprint density at radius 2 is 2.04 bits per heavy atom. The Morgan fingerprint density at radius 3 is 2.67 bits per heavy atom. The molecule has 3 heterocycles. The van der Waals surface area contributed by atoms with Gasteiger partial charge in [0.25, 0.3) is 5.91 Å². The van der Waals surface area contributed by atoms with Crippen molar-refractivity contribution in [1.29, 1.82) is 0 Å². The summed E-state index contributed by atoms with van der Waals surface area (Å²) in [5.74, 6) is 0.997. The lowest BCUT2D eigenvalue weighted by molar-refractivity contribution is -0.132. The van der Waals surface area contributed by atoms with Gasteiger partial charge in [-0.15, -0.1) is 0 Å². The Bertz CT molecular complexity index is 807. The predicted octanol–water partition coefficient (Wildman–Crippen LogP) is 3.53. The average molecular weight is 371 g/mol. The van der Waals surface area contributed by atoms with Gasteiger partial charge in [-0.2, -0.15) is 0 Å². The molecule has 27 heavy (non-hydrogen) atoms. The molecular formula is C21H29N3O3. The van der Waals surface area contributed by atoms with Gasteiger partial charge in [0.05, 0.1) is 18.5 Å². The smallest absolute Gasteiger partial charge is 0.271 e. The summed E-state index contributed by atoms with van der Waals surface area (Å²) < 4.78 is 7.44. The molecule has 0 aliphatic carbocycles. The van der Waals surface area contributed by atoms with Crippen LogP contribution >= 0.6 is 0 Å². The number of fused-ring (bicyclic) bond motifs is 1. The molecule has 0 saturated heterocycles. The molecule has 0 aromatic carbocycles. The zero-order valence-electron chi connectivity index (χ0n) is 16.6. The molecule has 0 saturated carbocycles. The lowest BCUT2D eigenvalue weighted by Crippen LogP contribution is -2.64. The van der Waals surface area contributed by atoms with Crippen LogP contribution in [0.5, 0.6) is 0 Å². The maximum atomic E-state index is 13.2. The molecule has 2 aromatic heterocycles. The maximum Gasteiger partial charge on any atom is 0.271 e. The van der Waals surface area contributed by atoms with Crippen LogP contribution < -0.4 is 5.32 Å². The van der Waals surface area contributed by atoms with Crippen LogP contribution in [0.3, 0.4) is 0 Å². The molecule has 0 spiro atoms. The normalized spacial score (nSPS) is 19.4. The molecule has 0 radical (unpaired) electrons. The molecule has 1 atom stereocenters. The largest absolute Gasteiger partial charge is 0.463 e. The first-order valence-electron chi connectivity index (χ1n) is 9.72. The average Bonchev–Trinajstić information content (AvgIpc) is 3.27. The van der Waals surface area contributed by atoms with Gasteiger partial charge >= 0.3 is 0 Å². The molecule has 1 aliphatic heterocycles. The Kier molecular flexibility index (Phi) is 5.44. The summed E-state index contributed by atoms with van der Waals surface area (Å²) in [6, 6.07) is 7.39. The van der Waals surface area contributed by atoms with E-state index in [9.17, 15) is 9.59 Å². The van der Waals surface area contributed by atoms with E-state index in [0.717, 1.165) is 18.5 Å². The number of furan rings is 1. The Morgan fingerprint density at radius 1 is 1.30 bits per heavy atom. The predicted molar refractivity (Wildman–Crippen MR) is 104 cm³/mol. The summed E-state index contributed by atoms with van der Waals surface area (Å²) in [5.41, 5.74) is 0.486. The van der Waals surface area contributed by atoms with E-state index in [4.69, 9.17) is 4.42 Å². The summed E-state index contributed by atoms with van der Waals surface area (Å²) >= 11 is 0. The third-order valence-corrected chi connectivity index (χ3v) is 5.22. The van der Waals surface area contributed by atoms with Crippen LogP contribution in [0.1, 0.15) is 51.0 Å². The highest BCUT2D eigenvalue weighted by molar-refractivity contribution is 6.00. The second-order valence-electron chi connectivity index (χ2n) is 7.84. The number of amides is 2. The van der Waals surface area contributed by atoms with E-state index >= 15 is 0 Å². The molecule has 2 amide bonds. The van der Waals surface area contributed by atoms with Crippen molar-refractivity contribution in [3.8, 4) is 11.5 Å². The topological polar surface area (TPSA) is 67.5 Å². The van der Waals surface area contributed by atoms with E-state index in [1.165, 1.54) is 0 Å². The molecule has 0 fully saturated rings. The third kappa shape index (κ3) is 3.53. The van der Waals surface area contributed by atoms with Crippen LogP contribution in [-0.2, 0) is 11.3 Å². The molecule has 1 N–H and O–H groups in total. The highest BCUT2D eigenvalue weighted by Crippen LogP contribution is 2.33. The lowest BCUT2D eigenvalue weighted by atomic mass is 9.94. The van der Waals surface area contributed by atoms with Gasteiger partial charge in [-0.05, 0) is 49.9 Å². The maximum absolute atomic E-state index is 13.2. The van der Waals surface area contributed by atoms with Crippen LogP contribution in [0, 0.1) is 5.92 Å². The van der Waals surface area contributed by atoms with Gasteiger partial charge in [0.2, 0.25) is 5.91 Å². The van der Waals surface area contributed by atoms with Crippen LogP contribution in [0.25, 0.3) is 11.5 Å². The van der Waals surface area contributed by atoms with Crippen molar-refractivity contribution in [3.63, 3.8) is 0 Å². The van der Waals surface area contributed by atoms with Gasteiger partial charge in [-0.25, -0.2) is 0 Å². The van der Waals surface area contributed by atoms with E-state index < -0.39 is 5.54 Å². The fraction of sp³-hybridized carbons (Fsp3) is 0.524. The summed E-state index contributed by atoms with van der Waals surface area (Å²) in [4.78, 5) is 28.0. The van der Waals surface area contributed by atoms with E-state index in [1.54, 1.807) is 11.2 Å². The first-order chi connectivity index (χ1) is 12.9. The number of carbonyl (C=O) groups is 2. The van der Waals surface area contributed by atoms with E-state index in [1.807, 2.05) is 42.7 Å². The van der Waals surface area contributed by atoms with E-state index in [2.05, 4.69) is 19.2 Å². The second kappa shape index (κ2) is 7.62. The SMILES string of the molecule is CCCN1C(=O)c2ccc(-c3ccco3)n2CC1(C)C(=O)NCCC(C)C. The standard InChI is InChI=1S/C21H29N3O3/c1-5-12-24-19(25)17-9-8-16(18-7-6-13-27-18)23(17)14-21(24,4)20(26)22-11-10-15(2)3/h6-9,13,15H,5,10-12,14H2,1-4H3,(H,22,26). The highest BCUT2D eigenvalue weighted by atomic mass is 16.3. The van der Waals surface area contributed by atoms with Crippen LogP contribution in [0.2, 0.25) is 0 Å². The zero-order valence-corrected chi connectivity index (χ0v) is 16.6. The number of hydrogen-bond acceptors (Lipinski definition) is 3. The molecule has 3 rings (SSSR count). The number of aromatic nitrogens is 1. The van der Waals surface area contributed by atoms with Gasteiger partial charge in [-0.1, -0.05) is 20.8 Å². The zero-order chi connectivity index (χ0) is 19.6. The van der Waals surface area contributed by atoms with Crippen LogP contribution in [0.4, 0.5) is 0 Å². The third-order valence-electron chi connectivity index (χ3n) is 5.22. The number of nitrogens with zero attached hydrogens (tertiary/aromatic N) is 2. The van der Waals surface area contributed by atoms with Crippen molar-refractivity contribution in [2.24, 2.45) is 5.92 Å². The van der Waals surface area contributed by atoms with Gasteiger partial charge in [0.15, 0.2) is 0 Å². The van der Waals surface area contributed by atoms with E-state index in [0.29, 0.717) is 37.0 Å². The first kappa shape index (κ1) is 19.3. The number of hydrogen-bond donors (Lipinski definition) is 1. The van der Waals surface area contributed by atoms with Crippen molar-refractivity contribution >= 4 is 11.8 Å². The molecular weight excluding hydrogens is 342 g/mol. The van der Waals surface area contributed by atoms with Crippen molar-refractivity contribution in [1.82, 2.24) is 14.8 Å². The van der Waals surface area contributed by atoms with Gasteiger partial charge in [-0.3, -0.25) is 9.59 Å². The first-order valence-corrected chi connectivity index (χ1v) is 9.72. The Hall–Kier alpha value is -2.50. The van der Waals surface area contributed by atoms with Gasteiger partial charge < -0.3 is 19.2 Å². The van der Waals surface area contributed by atoms with Crippen molar-refractivity contribution in [3.05, 3.63) is 36.2 Å². The monoisotopic (exact) mass is 371 g/mol. The second-order valence-corrected chi connectivity index (χ2v) is 7.84. The summed E-state index contributed by atoms with van der Waals surface area (Å²) in [6.07, 6.45) is 3.32. The van der Waals surface area contributed by atoms with Crippen LogP contribution in [0.15, 0.2) is 34.9 Å². The summed E-state index contributed by atoms with van der Waals surface area (Å²) in [7, 11) is 0. The number of nitrogens with one attached hydrogen (secondary N) is 1. The molecule has 6 nitrogen and oxygen atoms in total.